The number of hydrogen-bond acceptors (Lipinski definition) is 4. The molecule has 5 nitrogen and oxygen atoms in total. The first-order valence-corrected chi connectivity index (χ1v) is 6.62. The largest absolute Gasteiger partial charge is 0.495 e. The van der Waals surface area contributed by atoms with Crippen LogP contribution in [0.5, 0.6) is 0 Å². The Morgan fingerprint density at radius 1 is 1.10 bits per heavy atom. The molecule has 0 atom stereocenters. The molecule has 1 aromatic carbocycles. The van der Waals surface area contributed by atoms with E-state index in [1.807, 2.05) is 0 Å². The average molecular weight is 332 g/mol. The number of carbonyl (C=O) groups is 2. The molecule has 0 aliphatic heterocycles. The molecule has 7 heteroatoms. The van der Waals surface area contributed by atoms with E-state index < -0.39 is 11.9 Å². The van der Waals surface area contributed by atoms with Crippen molar-refractivity contribution in [3.63, 3.8) is 0 Å². The SMILES string of the molecule is COC(=O)C(C(=O)N(C)C)=C(OC)c1ccc(Cl)cc1Cl. The fourth-order valence-corrected chi connectivity index (χ4v) is 2.12. The second kappa shape index (κ2) is 7.33. The Labute approximate surface area is 133 Å². The van der Waals surface area contributed by atoms with Crippen molar-refractivity contribution in [3.8, 4) is 0 Å². The highest BCUT2D eigenvalue weighted by Gasteiger charge is 2.28. The molecule has 0 N–H and O–H groups in total. The molecular formula is C14H15Cl2NO4. The predicted octanol–water partition coefficient (Wildman–Crippen LogP) is 2.61. The first kappa shape index (κ1) is 17.3. The zero-order valence-corrected chi connectivity index (χ0v) is 13.6. The summed E-state index contributed by atoms with van der Waals surface area (Å²) in [5.74, 6) is -1.33. The van der Waals surface area contributed by atoms with Crippen LogP contribution in [0.25, 0.3) is 5.76 Å². The minimum atomic E-state index is -0.809. The summed E-state index contributed by atoms with van der Waals surface area (Å²) in [7, 11) is 5.55. The maximum atomic E-state index is 12.2. The van der Waals surface area contributed by atoms with E-state index in [1.54, 1.807) is 12.1 Å². The van der Waals surface area contributed by atoms with Crippen molar-refractivity contribution >= 4 is 40.8 Å². The quantitative estimate of drug-likeness (QED) is 0.280. The molecule has 1 aromatic rings. The van der Waals surface area contributed by atoms with E-state index in [-0.39, 0.29) is 16.4 Å². The molecule has 1 amide bonds. The Hall–Kier alpha value is -1.72. The number of ether oxygens (including phenoxy) is 2. The molecule has 0 aliphatic rings. The maximum Gasteiger partial charge on any atom is 0.347 e. The van der Waals surface area contributed by atoms with Crippen LogP contribution in [-0.2, 0) is 19.1 Å². The van der Waals surface area contributed by atoms with Gasteiger partial charge in [-0.1, -0.05) is 23.2 Å². The third kappa shape index (κ3) is 3.89. The predicted molar refractivity (Wildman–Crippen MR) is 81.1 cm³/mol. The third-order valence-corrected chi connectivity index (χ3v) is 3.16. The van der Waals surface area contributed by atoms with Gasteiger partial charge in [0.25, 0.3) is 5.91 Å². The fourth-order valence-electron chi connectivity index (χ4n) is 1.62. The van der Waals surface area contributed by atoms with Crippen LogP contribution in [-0.4, -0.2) is 45.1 Å². The van der Waals surface area contributed by atoms with Gasteiger partial charge in [-0.2, -0.15) is 0 Å². The van der Waals surface area contributed by atoms with E-state index >= 15 is 0 Å². The van der Waals surface area contributed by atoms with Gasteiger partial charge >= 0.3 is 5.97 Å². The van der Waals surface area contributed by atoms with Crippen LogP contribution >= 0.6 is 23.2 Å². The van der Waals surface area contributed by atoms with Crippen LogP contribution in [0.2, 0.25) is 10.0 Å². The Balaban J connectivity index is 3.59. The van der Waals surface area contributed by atoms with Crippen LogP contribution in [0.15, 0.2) is 23.8 Å². The summed E-state index contributed by atoms with van der Waals surface area (Å²) in [4.78, 5) is 25.4. The minimum Gasteiger partial charge on any atom is -0.495 e. The number of esters is 1. The summed E-state index contributed by atoms with van der Waals surface area (Å²) >= 11 is 11.9. The molecule has 21 heavy (non-hydrogen) atoms. The molecule has 1 rings (SSSR count). The highest BCUT2D eigenvalue weighted by molar-refractivity contribution is 6.36. The lowest BCUT2D eigenvalue weighted by atomic mass is 10.1. The van der Waals surface area contributed by atoms with Crippen LogP contribution in [0.4, 0.5) is 0 Å². The lowest BCUT2D eigenvalue weighted by Crippen LogP contribution is -2.29. The molecule has 0 saturated heterocycles. The first-order chi connectivity index (χ1) is 9.83. The smallest absolute Gasteiger partial charge is 0.347 e. The number of halogens is 2. The number of benzene rings is 1. The van der Waals surface area contributed by atoms with Gasteiger partial charge in [0.15, 0.2) is 5.57 Å². The number of methoxy groups -OCH3 is 2. The zero-order valence-electron chi connectivity index (χ0n) is 12.1. The van der Waals surface area contributed by atoms with Crippen LogP contribution in [0.3, 0.4) is 0 Å². The van der Waals surface area contributed by atoms with Crippen LogP contribution in [0, 0.1) is 0 Å². The fraction of sp³-hybridized carbons (Fsp3) is 0.286. The molecule has 0 heterocycles. The number of amides is 1. The second-order valence-corrected chi connectivity index (χ2v) is 5.07. The molecular weight excluding hydrogens is 317 g/mol. The van der Waals surface area contributed by atoms with Crippen molar-refractivity contribution < 1.29 is 19.1 Å². The Morgan fingerprint density at radius 3 is 2.14 bits per heavy atom. The highest BCUT2D eigenvalue weighted by atomic mass is 35.5. The van der Waals surface area contributed by atoms with Crippen molar-refractivity contribution in [1.82, 2.24) is 4.90 Å². The number of likely N-dealkylation sites (N-methyl/N-ethyl adjacent to an activating group) is 1. The molecule has 0 fully saturated rings. The van der Waals surface area contributed by atoms with E-state index in [4.69, 9.17) is 27.9 Å². The monoisotopic (exact) mass is 331 g/mol. The highest BCUT2D eigenvalue weighted by Crippen LogP contribution is 2.30. The van der Waals surface area contributed by atoms with Gasteiger partial charge in [0, 0.05) is 24.7 Å². The molecule has 114 valence electrons. The zero-order chi connectivity index (χ0) is 16.2. The Bertz CT molecular complexity index is 597. The lowest BCUT2D eigenvalue weighted by molar-refractivity contribution is -0.139. The van der Waals surface area contributed by atoms with E-state index in [0.717, 1.165) is 0 Å². The molecule has 0 radical (unpaired) electrons. The first-order valence-electron chi connectivity index (χ1n) is 5.87. The summed E-state index contributed by atoms with van der Waals surface area (Å²) in [6, 6.07) is 4.64. The normalized spacial score (nSPS) is 11.5. The van der Waals surface area contributed by atoms with Gasteiger partial charge in [-0.15, -0.1) is 0 Å². The summed E-state index contributed by atoms with van der Waals surface area (Å²) in [5.41, 5.74) is 0.133. The van der Waals surface area contributed by atoms with E-state index in [9.17, 15) is 9.59 Å². The van der Waals surface area contributed by atoms with Gasteiger partial charge in [0.1, 0.15) is 5.76 Å². The van der Waals surface area contributed by atoms with Crippen molar-refractivity contribution in [2.45, 2.75) is 0 Å². The van der Waals surface area contributed by atoms with Gasteiger partial charge in [0.05, 0.1) is 19.2 Å². The van der Waals surface area contributed by atoms with Gasteiger partial charge in [-0.25, -0.2) is 4.79 Å². The minimum absolute atomic E-state index is 0.0298. The number of nitrogens with zero attached hydrogens (tertiary/aromatic N) is 1. The molecule has 0 aliphatic carbocycles. The number of carbonyl (C=O) groups excluding carboxylic acids is 2. The number of rotatable bonds is 4. The van der Waals surface area contributed by atoms with Gasteiger partial charge < -0.3 is 14.4 Å². The molecule has 0 aromatic heterocycles. The molecule has 0 bridgehead atoms. The summed E-state index contributed by atoms with van der Waals surface area (Å²) in [6.45, 7) is 0. The topological polar surface area (TPSA) is 55.8 Å². The summed E-state index contributed by atoms with van der Waals surface area (Å²) in [6.07, 6.45) is 0. The Morgan fingerprint density at radius 2 is 1.71 bits per heavy atom. The molecule has 0 unspecified atom stereocenters. The van der Waals surface area contributed by atoms with E-state index in [1.165, 1.54) is 39.3 Å². The van der Waals surface area contributed by atoms with Crippen molar-refractivity contribution in [2.75, 3.05) is 28.3 Å². The van der Waals surface area contributed by atoms with Gasteiger partial charge in [0.2, 0.25) is 0 Å². The summed E-state index contributed by atoms with van der Waals surface area (Å²) < 4.78 is 9.88. The average Bonchev–Trinajstić information content (AvgIpc) is 2.44. The standard InChI is InChI=1S/C14H15Cl2NO4/c1-17(2)13(18)11(14(19)21-4)12(20-3)9-6-5-8(15)7-10(9)16/h5-7H,1-4H3. The van der Waals surface area contributed by atoms with Crippen LogP contribution < -0.4 is 0 Å². The van der Waals surface area contributed by atoms with E-state index in [0.29, 0.717) is 10.6 Å². The third-order valence-electron chi connectivity index (χ3n) is 2.62. The van der Waals surface area contributed by atoms with Crippen molar-refractivity contribution in [1.29, 1.82) is 0 Å². The lowest BCUT2D eigenvalue weighted by Gasteiger charge is -2.17. The van der Waals surface area contributed by atoms with Gasteiger partial charge in [-0.3, -0.25) is 4.79 Å². The van der Waals surface area contributed by atoms with Crippen LogP contribution in [0.1, 0.15) is 5.56 Å². The number of hydrogen-bond donors (Lipinski definition) is 0. The molecule has 0 spiro atoms. The van der Waals surface area contributed by atoms with Crippen molar-refractivity contribution in [3.05, 3.63) is 39.4 Å². The van der Waals surface area contributed by atoms with E-state index in [2.05, 4.69) is 4.74 Å². The maximum absolute atomic E-state index is 12.2. The van der Waals surface area contributed by atoms with Crippen molar-refractivity contribution in [2.24, 2.45) is 0 Å². The Kier molecular flexibility index (Phi) is 6.05. The van der Waals surface area contributed by atoms with Gasteiger partial charge in [-0.05, 0) is 18.2 Å². The second-order valence-electron chi connectivity index (χ2n) is 4.22. The summed E-state index contributed by atoms with van der Waals surface area (Å²) in [5, 5.41) is 0.685. The molecule has 0 saturated carbocycles.